The summed E-state index contributed by atoms with van der Waals surface area (Å²) in [4.78, 5) is 24.1. The number of aryl methyl sites for hydroxylation is 1. The van der Waals surface area contributed by atoms with Gasteiger partial charge in [-0.3, -0.25) is 9.59 Å². The maximum absolute atomic E-state index is 12.1. The predicted molar refractivity (Wildman–Crippen MR) is 101 cm³/mol. The molecule has 2 rings (SSSR count). The number of methoxy groups -OCH3 is 2. The Morgan fingerprint density at radius 1 is 1.00 bits per heavy atom. The molecule has 0 fully saturated rings. The molecule has 0 heterocycles. The molecule has 0 atom stereocenters. The number of amides is 2. The molecule has 0 unspecified atom stereocenters. The Balaban J connectivity index is 1.92. The summed E-state index contributed by atoms with van der Waals surface area (Å²) in [7, 11) is 3.03. The second kappa shape index (κ2) is 9.10. The van der Waals surface area contributed by atoms with Gasteiger partial charge in [0.25, 0.3) is 0 Å². The molecule has 2 aromatic carbocycles. The van der Waals surface area contributed by atoms with Crippen molar-refractivity contribution in [3.63, 3.8) is 0 Å². The van der Waals surface area contributed by atoms with E-state index in [1.807, 2.05) is 12.1 Å². The molecule has 0 aromatic heterocycles. The molecular weight excluding hydrogens is 356 g/mol. The van der Waals surface area contributed by atoms with Crippen molar-refractivity contribution in [2.24, 2.45) is 0 Å². The summed E-state index contributed by atoms with van der Waals surface area (Å²) < 4.78 is 10.4. The van der Waals surface area contributed by atoms with Gasteiger partial charge in [0.05, 0.1) is 14.2 Å². The Morgan fingerprint density at radius 2 is 1.62 bits per heavy atom. The fraction of sp³-hybridized carbons (Fsp3) is 0.263. The largest absolute Gasteiger partial charge is 0.493 e. The fourth-order valence-corrected chi connectivity index (χ4v) is 2.47. The van der Waals surface area contributed by atoms with Crippen LogP contribution < -0.4 is 20.1 Å². The summed E-state index contributed by atoms with van der Waals surface area (Å²) in [5.41, 5.74) is 2.26. The van der Waals surface area contributed by atoms with Gasteiger partial charge in [-0.25, -0.2) is 0 Å². The van der Waals surface area contributed by atoms with E-state index in [0.29, 0.717) is 35.2 Å². The standard InChI is InChI=1S/C19H21ClN2O4/c1-12-10-16(25-2)17(26-3)11-15(12)22-19(24)18(23)21-9-8-13-4-6-14(20)7-5-13/h4-7,10-11H,8-9H2,1-3H3,(H,21,23)(H,22,24). The van der Waals surface area contributed by atoms with Crippen molar-refractivity contribution in [3.05, 3.63) is 52.5 Å². The number of halogens is 1. The minimum absolute atomic E-state index is 0.346. The molecule has 2 N–H and O–H groups in total. The molecule has 0 aliphatic rings. The Labute approximate surface area is 157 Å². The summed E-state index contributed by atoms with van der Waals surface area (Å²) in [6, 6.07) is 10.7. The van der Waals surface area contributed by atoms with Gasteiger partial charge in [0.2, 0.25) is 0 Å². The van der Waals surface area contributed by atoms with Crippen LogP contribution in [0.3, 0.4) is 0 Å². The number of benzene rings is 2. The molecule has 0 aliphatic carbocycles. The number of carbonyl (C=O) groups is 2. The normalized spacial score (nSPS) is 10.2. The zero-order chi connectivity index (χ0) is 19.1. The van der Waals surface area contributed by atoms with E-state index in [4.69, 9.17) is 21.1 Å². The van der Waals surface area contributed by atoms with Gasteiger partial charge >= 0.3 is 11.8 Å². The van der Waals surface area contributed by atoms with Crippen LogP contribution in [0, 0.1) is 6.92 Å². The first-order chi connectivity index (χ1) is 12.4. The lowest BCUT2D eigenvalue weighted by atomic mass is 10.1. The molecule has 2 aromatic rings. The van der Waals surface area contributed by atoms with Crippen molar-refractivity contribution in [2.45, 2.75) is 13.3 Å². The van der Waals surface area contributed by atoms with E-state index in [9.17, 15) is 9.59 Å². The lowest BCUT2D eigenvalue weighted by Gasteiger charge is -2.13. The first-order valence-electron chi connectivity index (χ1n) is 8.01. The number of nitrogens with one attached hydrogen (secondary N) is 2. The molecular formula is C19H21ClN2O4. The lowest BCUT2D eigenvalue weighted by Crippen LogP contribution is -2.36. The second-order valence-electron chi connectivity index (χ2n) is 5.61. The monoisotopic (exact) mass is 376 g/mol. The average molecular weight is 377 g/mol. The molecule has 0 bridgehead atoms. The van der Waals surface area contributed by atoms with Crippen molar-refractivity contribution in [1.82, 2.24) is 5.32 Å². The van der Waals surface area contributed by atoms with Gasteiger partial charge in [-0.1, -0.05) is 23.7 Å². The van der Waals surface area contributed by atoms with Crippen molar-refractivity contribution in [1.29, 1.82) is 0 Å². The zero-order valence-electron chi connectivity index (χ0n) is 14.9. The molecule has 0 spiro atoms. The van der Waals surface area contributed by atoms with Crippen molar-refractivity contribution < 1.29 is 19.1 Å². The highest BCUT2D eigenvalue weighted by Crippen LogP contribution is 2.32. The van der Waals surface area contributed by atoms with Gasteiger partial charge in [-0.15, -0.1) is 0 Å². The number of rotatable bonds is 6. The van der Waals surface area contributed by atoms with E-state index in [0.717, 1.165) is 11.1 Å². The van der Waals surface area contributed by atoms with Crippen LogP contribution in [-0.2, 0) is 16.0 Å². The van der Waals surface area contributed by atoms with Crippen LogP contribution in [0.25, 0.3) is 0 Å². The van der Waals surface area contributed by atoms with E-state index in [1.54, 1.807) is 31.2 Å². The van der Waals surface area contributed by atoms with E-state index >= 15 is 0 Å². The topological polar surface area (TPSA) is 76.7 Å². The van der Waals surface area contributed by atoms with Gasteiger partial charge in [-0.2, -0.15) is 0 Å². The summed E-state index contributed by atoms with van der Waals surface area (Å²) in [5, 5.41) is 5.84. The molecule has 138 valence electrons. The molecule has 0 saturated carbocycles. The Bertz CT molecular complexity index is 791. The molecule has 7 heteroatoms. The van der Waals surface area contributed by atoms with Gasteiger partial charge < -0.3 is 20.1 Å². The smallest absolute Gasteiger partial charge is 0.313 e. The highest BCUT2D eigenvalue weighted by molar-refractivity contribution is 6.39. The molecule has 2 amide bonds. The predicted octanol–water partition coefficient (Wildman–Crippen LogP) is 2.96. The van der Waals surface area contributed by atoms with E-state index in [1.165, 1.54) is 14.2 Å². The fourth-order valence-electron chi connectivity index (χ4n) is 2.35. The third kappa shape index (κ3) is 5.13. The third-order valence-corrected chi connectivity index (χ3v) is 4.05. The lowest BCUT2D eigenvalue weighted by molar-refractivity contribution is -0.136. The van der Waals surface area contributed by atoms with Gasteiger partial charge in [0.15, 0.2) is 11.5 Å². The van der Waals surface area contributed by atoms with Crippen LogP contribution in [0.4, 0.5) is 5.69 Å². The summed E-state index contributed by atoms with van der Waals surface area (Å²) in [6.45, 7) is 2.15. The van der Waals surface area contributed by atoms with Crippen LogP contribution in [0.5, 0.6) is 11.5 Å². The first-order valence-corrected chi connectivity index (χ1v) is 8.38. The number of hydrogen-bond acceptors (Lipinski definition) is 4. The molecule has 6 nitrogen and oxygen atoms in total. The van der Waals surface area contributed by atoms with Gasteiger partial charge in [0.1, 0.15) is 0 Å². The molecule has 26 heavy (non-hydrogen) atoms. The van der Waals surface area contributed by atoms with Crippen molar-refractivity contribution >= 4 is 29.1 Å². The maximum Gasteiger partial charge on any atom is 0.313 e. The molecule has 0 saturated heterocycles. The van der Waals surface area contributed by atoms with Crippen LogP contribution >= 0.6 is 11.6 Å². The van der Waals surface area contributed by atoms with E-state index in [-0.39, 0.29) is 0 Å². The maximum atomic E-state index is 12.1. The van der Waals surface area contributed by atoms with Gasteiger partial charge in [-0.05, 0) is 42.7 Å². The first kappa shape index (κ1) is 19.6. The van der Waals surface area contributed by atoms with Crippen LogP contribution in [0.15, 0.2) is 36.4 Å². The highest BCUT2D eigenvalue weighted by atomic mass is 35.5. The second-order valence-corrected chi connectivity index (χ2v) is 6.05. The van der Waals surface area contributed by atoms with Crippen LogP contribution in [0.1, 0.15) is 11.1 Å². The quantitative estimate of drug-likeness (QED) is 0.760. The van der Waals surface area contributed by atoms with Crippen LogP contribution in [-0.4, -0.2) is 32.6 Å². The minimum atomic E-state index is -0.739. The summed E-state index contributed by atoms with van der Waals surface area (Å²) >= 11 is 5.83. The number of ether oxygens (including phenoxy) is 2. The Kier molecular flexibility index (Phi) is 6.86. The zero-order valence-corrected chi connectivity index (χ0v) is 15.6. The minimum Gasteiger partial charge on any atom is -0.493 e. The Morgan fingerprint density at radius 3 is 2.23 bits per heavy atom. The Hall–Kier alpha value is -2.73. The van der Waals surface area contributed by atoms with Gasteiger partial charge in [0, 0.05) is 23.3 Å². The molecule has 0 radical (unpaired) electrons. The SMILES string of the molecule is COc1cc(C)c(NC(=O)C(=O)NCCc2ccc(Cl)cc2)cc1OC. The summed E-state index contributed by atoms with van der Waals surface area (Å²) in [5.74, 6) is -0.420. The van der Waals surface area contributed by atoms with Crippen molar-refractivity contribution in [3.8, 4) is 11.5 Å². The number of carbonyl (C=O) groups excluding carboxylic acids is 2. The molecule has 0 aliphatic heterocycles. The van der Waals surface area contributed by atoms with E-state index in [2.05, 4.69) is 10.6 Å². The summed E-state index contributed by atoms with van der Waals surface area (Å²) in [6.07, 6.45) is 0.603. The third-order valence-electron chi connectivity index (χ3n) is 3.80. The number of anilines is 1. The van der Waals surface area contributed by atoms with Crippen molar-refractivity contribution in [2.75, 3.05) is 26.1 Å². The van der Waals surface area contributed by atoms with E-state index < -0.39 is 11.8 Å². The number of hydrogen-bond donors (Lipinski definition) is 2. The van der Waals surface area contributed by atoms with Crippen LogP contribution in [0.2, 0.25) is 5.02 Å². The highest BCUT2D eigenvalue weighted by Gasteiger charge is 2.16. The average Bonchev–Trinajstić information content (AvgIpc) is 2.64.